The minimum atomic E-state index is -0.190. The Morgan fingerprint density at radius 3 is 2.60 bits per heavy atom. The van der Waals surface area contributed by atoms with Gasteiger partial charge >= 0.3 is 0 Å². The zero-order valence-electron chi connectivity index (χ0n) is 20.5. The van der Waals surface area contributed by atoms with Crippen molar-refractivity contribution in [1.29, 1.82) is 0 Å². The molecule has 2 heterocycles. The maximum Gasteiger partial charge on any atom is 0.253 e. The first-order chi connectivity index (χ1) is 16.9. The molecule has 0 radical (unpaired) electrons. The summed E-state index contributed by atoms with van der Waals surface area (Å²) >= 11 is 0. The summed E-state index contributed by atoms with van der Waals surface area (Å²) in [6.45, 7) is 0.848. The molecular formula is C26H30N6O3. The van der Waals surface area contributed by atoms with Crippen molar-refractivity contribution in [2.45, 2.75) is 12.8 Å². The van der Waals surface area contributed by atoms with Gasteiger partial charge in [0.2, 0.25) is 5.91 Å². The molecule has 0 aliphatic rings. The zero-order chi connectivity index (χ0) is 24.9. The minimum absolute atomic E-state index is 0.143. The molecule has 0 fully saturated rings. The summed E-state index contributed by atoms with van der Waals surface area (Å²) in [5.74, 6) is 0.419. The lowest BCUT2D eigenvalue weighted by Crippen LogP contribution is -2.29. The number of likely N-dealkylation sites (N-methyl/N-ethyl adjacent to an activating group) is 1. The fourth-order valence-electron chi connectivity index (χ4n) is 4.04. The second kappa shape index (κ2) is 10.5. The number of nitrogens with zero attached hydrogens (tertiary/aromatic N) is 5. The van der Waals surface area contributed by atoms with E-state index in [1.807, 2.05) is 55.2 Å². The van der Waals surface area contributed by atoms with Gasteiger partial charge in [-0.25, -0.2) is 4.98 Å². The van der Waals surface area contributed by atoms with E-state index in [0.717, 1.165) is 22.5 Å². The summed E-state index contributed by atoms with van der Waals surface area (Å²) in [7, 11) is 7.10. The van der Waals surface area contributed by atoms with Crippen molar-refractivity contribution >= 4 is 28.5 Å². The minimum Gasteiger partial charge on any atom is -0.384 e. The summed E-state index contributed by atoms with van der Waals surface area (Å²) in [6.07, 6.45) is 4.65. The van der Waals surface area contributed by atoms with Gasteiger partial charge in [-0.15, -0.1) is 0 Å². The lowest BCUT2D eigenvalue weighted by atomic mass is 10.1. The topological polar surface area (TPSA) is 94.3 Å². The molecule has 1 N–H and O–H groups in total. The number of hydrogen-bond acceptors (Lipinski definition) is 5. The third-order valence-electron chi connectivity index (χ3n) is 5.90. The predicted molar refractivity (Wildman–Crippen MR) is 135 cm³/mol. The lowest BCUT2D eigenvalue weighted by Gasteiger charge is -2.18. The molecule has 0 saturated carbocycles. The highest BCUT2D eigenvalue weighted by Crippen LogP contribution is 2.31. The molecule has 0 atom stereocenters. The Labute approximate surface area is 204 Å². The van der Waals surface area contributed by atoms with E-state index in [9.17, 15) is 9.59 Å². The summed E-state index contributed by atoms with van der Waals surface area (Å²) in [6, 6.07) is 13.3. The summed E-state index contributed by atoms with van der Waals surface area (Å²) in [5.41, 5.74) is 4.41. The molecule has 0 aliphatic carbocycles. The second-order valence-electron chi connectivity index (χ2n) is 8.54. The normalized spacial score (nSPS) is 11.1. The van der Waals surface area contributed by atoms with Gasteiger partial charge < -0.3 is 19.5 Å². The van der Waals surface area contributed by atoms with Crippen LogP contribution in [0, 0.1) is 0 Å². The number of carbonyl (C=O) groups is 2. The largest absolute Gasteiger partial charge is 0.384 e. The fourth-order valence-corrected chi connectivity index (χ4v) is 4.04. The van der Waals surface area contributed by atoms with E-state index in [1.165, 1.54) is 0 Å². The Morgan fingerprint density at radius 1 is 1.14 bits per heavy atom. The molecule has 2 amide bonds. The van der Waals surface area contributed by atoms with Crippen molar-refractivity contribution in [1.82, 2.24) is 24.2 Å². The Hall–Kier alpha value is -3.98. The SMILES string of the molecule is COCCC(=O)Nc1cc(C(=O)N(C)CCc2cnn(C)c2)cc2nc(-c3ccccc3)n(C)c12. The van der Waals surface area contributed by atoms with E-state index in [2.05, 4.69) is 10.4 Å². The molecule has 2 aromatic carbocycles. The summed E-state index contributed by atoms with van der Waals surface area (Å²) < 4.78 is 8.72. The monoisotopic (exact) mass is 474 g/mol. The van der Waals surface area contributed by atoms with E-state index >= 15 is 0 Å². The Kier molecular flexibility index (Phi) is 7.26. The fraction of sp³-hybridized carbons (Fsp3) is 0.308. The first-order valence-electron chi connectivity index (χ1n) is 11.4. The van der Waals surface area contributed by atoms with E-state index in [4.69, 9.17) is 9.72 Å². The van der Waals surface area contributed by atoms with Crippen LogP contribution in [-0.4, -0.2) is 63.4 Å². The van der Waals surface area contributed by atoms with E-state index in [1.54, 1.807) is 42.1 Å². The quantitative estimate of drug-likeness (QED) is 0.402. The van der Waals surface area contributed by atoms with Gasteiger partial charge in [0, 0.05) is 52.1 Å². The zero-order valence-corrected chi connectivity index (χ0v) is 20.5. The van der Waals surface area contributed by atoms with Gasteiger partial charge in [-0.05, 0) is 24.1 Å². The molecule has 35 heavy (non-hydrogen) atoms. The van der Waals surface area contributed by atoms with Crippen LogP contribution in [0.3, 0.4) is 0 Å². The predicted octanol–water partition coefficient (Wildman–Crippen LogP) is 3.26. The standard InChI is InChI=1S/C26H30N6O3/c1-30(12-10-18-16-27-31(2)17-18)26(34)20-14-21(28-23(33)11-13-35-4)24-22(15-20)29-25(32(24)3)19-8-6-5-7-9-19/h5-9,14-17H,10-13H2,1-4H3,(H,28,33). The Morgan fingerprint density at radius 2 is 1.91 bits per heavy atom. The highest BCUT2D eigenvalue weighted by atomic mass is 16.5. The van der Waals surface area contributed by atoms with Crippen molar-refractivity contribution in [2.75, 3.05) is 32.6 Å². The average Bonchev–Trinajstić information content (AvgIpc) is 3.43. The molecule has 0 spiro atoms. The van der Waals surface area contributed by atoms with Crippen molar-refractivity contribution in [2.24, 2.45) is 14.1 Å². The maximum atomic E-state index is 13.3. The van der Waals surface area contributed by atoms with Crippen molar-refractivity contribution in [3.05, 3.63) is 66.0 Å². The number of hydrogen-bond donors (Lipinski definition) is 1. The molecule has 182 valence electrons. The van der Waals surface area contributed by atoms with Crippen LogP contribution in [0.15, 0.2) is 54.9 Å². The molecule has 0 unspecified atom stereocenters. The molecule has 9 nitrogen and oxygen atoms in total. The number of nitrogens with one attached hydrogen (secondary N) is 1. The lowest BCUT2D eigenvalue weighted by molar-refractivity contribution is -0.117. The number of carbonyl (C=O) groups excluding carboxylic acids is 2. The van der Waals surface area contributed by atoms with Crippen LogP contribution in [-0.2, 0) is 30.0 Å². The van der Waals surface area contributed by atoms with Gasteiger partial charge in [-0.1, -0.05) is 30.3 Å². The highest BCUT2D eigenvalue weighted by molar-refractivity contribution is 6.06. The number of imidazole rings is 1. The van der Waals surface area contributed by atoms with Crippen molar-refractivity contribution in [3.63, 3.8) is 0 Å². The smallest absolute Gasteiger partial charge is 0.253 e. The van der Waals surface area contributed by atoms with Crippen LogP contribution < -0.4 is 5.32 Å². The van der Waals surface area contributed by atoms with E-state index in [-0.39, 0.29) is 18.2 Å². The van der Waals surface area contributed by atoms with Crippen LogP contribution in [0.5, 0.6) is 0 Å². The van der Waals surface area contributed by atoms with Crippen LogP contribution in [0.4, 0.5) is 5.69 Å². The molecule has 9 heteroatoms. The van der Waals surface area contributed by atoms with Gasteiger partial charge in [-0.2, -0.15) is 5.10 Å². The number of anilines is 1. The van der Waals surface area contributed by atoms with Crippen LogP contribution in [0.2, 0.25) is 0 Å². The first kappa shape index (κ1) is 24.2. The van der Waals surface area contributed by atoms with Crippen LogP contribution >= 0.6 is 0 Å². The van der Waals surface area contributed by atoms with Crippen LogP contribution in [0.25, 0.3) is 22.4 Å². The number of benzene rings is 2. The Balaban J connectivity index is 1.68. The third kappa shape index (κ3) is 5.41. The molecule has 2 aromatic heterocycles. The summed E-state index contributed by atoms with van der Waals surface area (Å²) in [4.78, 5) is 32.4. The molecular weight excluding hydrogens is 444 g/mol. The van der Waals surface area contributed by atoms with Crippen LogP contribution in [0.1, 0.15) is 22.3 Å². The van der Waals surface area contributed by atoms with Crippen molar-refractivity contribution in [3.8, 4) is 11.4 Å². The van der Waals surface area contributed by atoms with Gasteiger partial charge in [0.1, 0.15) is 5.82 Å². The van der Waals surface area contributed by atoms with Crippen molar-refractivity contribution < 1.29 is 14.3 Å². The number of aromatic nitrogens is 4. The van der Waals surface area contributed by atoms with E-state index < -0.39 is 0 Å². The van der Waals surface area contributed by atoms with Gasteiger partial charge in [0.15, 0.2) is 0 Å². The van der Waals surface area contributed by atoms with Gasteiger partial charge in [0.25, 0.3) is 5.91 Å². The number of fused-ring (bicyclic) bond motifs is 1. The number of aryl methyl sites for hydroxylation is 2. The van der Waals surface area contributed by atoms with Gasteiger partial charge in [-0.3, -0.25) is 14.3 Å². The molecule has 0 saturated heterocycles. The highest BCUT2D eigenvalue weighted by Gasteiger charge is 2.20. The molecule has 0 bridgehead atoms. The maximum absolute atomic E-state index is 13.3. The van der Waals surface area contributed by atoms with E-state index in [0.29, 0.717) is 36.3 Å². The number of ether oxygens (including phenoxy) is 1. The number of rotatable bonds is 9. The number of methoxy groups -OCH3 is 1. The molecule has 0 aliphatic heterocycles. The third-order valence-corrected chi connectivity index (χ3v) is 5.90. The Bertz CT molecular complexity index is 1340. The second-order valence-corrected chi connectivity index (χ2v) is 8.54. The molecule has 4 rings (SSSR count). The first-order valence-corrected chi connectivity index (χ1v) is 11.4. The van der Waals surface area contributed by atoms with Gasteiger partial charge in [0.05, 0.1) is 35.9 Å². The molecule has 4 aromatic rings. The average molecular weight is 475 g/mol. The number of amides is 2. The summed E-state index contributed by atoms with van der Waals surface area (Å²) in [5, 5.41) is 7.14.